The highest BCUT2D eigenvalue weighted by atomic mass is 32.2. The Labute approximate surface area is 182 Å². The number of hydrogen-bond donors (Lipinski definition) is 2. The molecule has 0 spiro atoms. The third-order valence-corrected chi connectivity index (χ3v) is 8.27. The highest BCUT2D eigenvalue weighted by molar-refractivity contribution is 7.91. The monoisotopic (exact) mass is 441 g/mol. The minimum Gasteiger partial charge on any atom is -0.390 e. The van der Waals surface area contributed by atoms with Crippen LogP contribution in [0.5, 0.6) is 0 Å². The molecule has 4 aliphatic heterocycles. The smallest absolute Gasteiger partial charge is 0.180 e. The van der Waals surface area contributed by atoms with Crippen molar-refractivity contribution in [1.82, 2.24) is 15.1 Å². The summed E-state index contributed by atoms with van der Waals surface area (Å²) in [4.78, 5) is 14.0. The van der Waals surface area contributed by atoms with Crippen LogP contribution in [0.15, 0.2) is 62.7 Å². The standard InChI is InChI=1S/C22H27N5O3S/c1-23-18-13-27(14-20(18)28)19-10-22(25-17-6-7-24-11-16(17)19)26-8-9-31(29,30)21-5-3-2-4-15(21)12-26/h2-5,7,10-11,17-18,20,23,28H,6,8-9,12-14H2,1H3. The summed E-state index contributed by atoms with van der Waals surface area (Å²) in [5, 5.41) is 13.6. The maximum absolute atomic E-state index is 12.8. The summed E-state index contributed by atoms with van der Waals surface area (Å²) >= 11 is 0. The molecule has 1 saturated heterocycles. The van der Waals surface area contributed by atoms with E-state index in [2.05, 4.69) is 20.1 Å². The molecular formula is C22H27N5O3S. The molecule has 1 aromatic carbocycles. The number of benzene rings is 1. The number of hydrogen-bond acceptors (Lipinski definition) is 8. The number of likely N-dealkylation sites (N-methyl/N-ethyl adjacent to an activating group) is 1. The molecule has 164 valence electrons. The number of aliphatic hydroxyl groups is 1. The predicted molar refractivity (Wildman–Crippen MR) is 120 cm³/mol. The lowest BCUT2D eigenvalue weighted by Gasteiger charge is -2.34. The van der Waals surface area contributed by atoms with Gasteiger partial charge in [0.25, 0.3) is 0 Å². The first-order valence-corrected chi connectivity index (χ1v) is 12.3. The molecule has 0 saturated carbocycles. The van der Waals surface area contributed by atoms with Crippen molar-refractivity contribution in [2.24, 2.45) is 9.98 Å². The van der Waals surface area contributed by atoms with Crippen molar-refractivity contribution >= 4 is 21.9 Å². The molecule has 1 fully saturated rings. The number of nitrogens with one attached hydrogen (secondary N) is 1. The van der Waals surface area contributed by atoms with Gasteiger partial charge in [0.05, 0.1) is 28.8 Å². The van der Waals surface area contributed by atoms with Gasteiger partial charge in [0, 0.05) is 62.4 Å². The number of sulfone groups is 1. The van der Waals surface area contributed by atoms with E-state index in [-0.39, 0.29) is 17.8 Å². The Morgan fingerprint density at radius 3 is 2.84 bits per heavy atom. The van der Waals surface area contributed by atoms with Gasteiger partial charge in [0.1, 0.15) is 5.84 Å². The van der Waals surface area contributed by atoms with Gasteiger partial charge in [-0.2, -0.15) is 0 Å². The van der Waals surface area contributed by atoms with Crippen molar-refractivity contribution < 1.29 is 13.5 Å². The number of aliphatic imine (C=N–C) groups is 2. The molecule has 31 heavy (non-hydrogen) atoms. The predicted octanol–water partition coefficient (Wildman–Crippen LogP) is 0.563. The topological polar surface area (TPSA) is 97.6 Å². The molecule has 5 rings (SSSR count). The van der Waals surface area contributed by atoms with Crippen LogP contribution < -0.4 is 5.32 Å². The van der Waals surface area contributed by atoms with Crippen molar-refractivity contribution in [3.63, 3.8) is 0 Å². The van der Waals surface area contributed by atoms with Crippen molar-refractivity contribution in [2.75, 3.05) is 32.4 Å². The minimum atomic E-state index is -3.32. The Bertz CT molecular complexity index is 1110. The highest BCUT2D eigenvalue weighted by Crippen LogP contribution is 2.33. The van der Waals surface area contributed by atoms with Crippen LogP contribution in [0.3, 0.4) is 0 Å². The summed E-state index contributed by atoms with van der Waals surface area (Å²) in [6.45, 7) is 2.12. The first-order chi connectivity index (χ1) is 15.0. The molecule has 2 N–H and O–H groups in total. The van der Waals surface area contributed by atoms with Crippen LogP contribution in [-0.2, 0) is 16.4 Å². The van der Waals surface area contributed by atoms with Crippen molar-refractivity contribution in [3.05, 3.63) is 53.4 Å². The van der Waals surface area contributed by atoms with E-state index >= 15 is 0 Å². The second kappa shape index (κ2) is 7.89. The molecule has 4 heterocycles. The third-order valence-electron chi connectivity index (χ3n) is 6.48. The number of amidine groups is 1. The van der Waals surface area contributed by atoms with Crippen molar-refractivity contribution in [1.29, 1.82) is 0 Å². The lowest BCUT2D eigenvalue weighted by atomic mass is 9.96. The summed E-state index contributed by atoms with van der Waals surface area (Å²) in [6, 6.07) is 7.19. The Morgan fingerprint density at radius 2 is 2.03 bits per heavy atom. The van der Waals surface area contributed by atoms with Crippen molar-refractivity contribution in [3.8, 4) is 0 Å². The number of aliphatic hydroxyl groups excluding tert-OH is 1. The Balaban J connectivity index is 1.51. The van der Waals surface area contributed by atoms with Crippen LogP contribution in [-0.4, -0.2) is 86.0 Å². The third kappa shape index (κ3) is 3.71. The molecule has 1 aromatic rings. The molecule has 0 aliphatic carbocycles. The normalized spacial score (nSPS) is 29.5. The zero-order valence-electron chi connectivity index (χ0n) is 17.5. The number of β-amino-alcohol motifs (C(OH)–C–C–N with tert-alkyl or cyclic N) is 1. The fourth-order valence-corrected chi connectivity index (χ4v) is 6.24. The first kappa shape index (κ1) is 20.4. The van der Waals surface area contributed by atoms with E-state index in [4.69, 9.17) is 4.99 Å². The Morgan fingerprint density at radius 1 is 1.19 bits per heavy atom. The molecule has 0 bridgehead atoms. The van der Waals surface area contributed by atoms with Crippen LogP contribution in [0.1, 0.15) is 12.0 Å². The van der Waals surface area contributed by atoms with Gasteiger partial charge in [-0.25, -0.2) is 8.42 Å². The molecule has 8 nitrogen and oxygen atoms in total. The number of nitrogens with zero attached hydrogens (tertiary/aromatic N) is 4. The average Bonchev–Trinajstić information content (AvgIpc) is 3.09. The van der Waals surface area contributed by atoms with E-state index in [0.717, 1.165) is 22.7 Å². The molecule has 0 radical (unpaired) electrons. The molecule has 0 aromatic heterocycles. The van der Waals surface area contributed by atoms with Crippen LogP contribution in [0.2, 0.25) is 0 Å². The van der Waals surface area contributed by atoms with Gasteiger partial charge in [0.2, 0.25) is 0 Å². The van der Waals surface area contributed by atoms with Crippen LogP contribution in [0, 0.1) is 0 Å². The van der Waals surface area contributed by atoms with Crippen LogP contribution in [0.4, 0.5) is 0 Å². The number of fused-ring (bicyclic) bond motifs is 2. The van der Waals surface area contributed by atoms with E-state index < -0.39 is 15.9 Å². The number of likely N-dealkylation sites (tertiary alicyclic amines) is 1. The first-order valence-electron chi connectivity index (χ1n) is 10.6. The minimum absolute atomic E-state index is 0.00423. The van der Waals surface area contributed by atoms with Gasteiger partial charge in [-0.05, 0) is 18.7 Å². The summed E-state index contributed by atoms with van der Waals surface area (Å²) in [6.07, 6.45) is 6.03. The molecule has 3 unspecified atom stereocenters. The second-order valence-electron chi connectivity index (χ2n) is 8.40. The molecular weight excluding hydrogens is 414 g/mol. The van der Waals surface area contributed by atoms with Crippen LogP contribution in [0.25, 0.3) is 0 Å². The quantitative estimate of drug-likeness (QED) is 0.696. The maximum Gasteiger partial charge on any atom is 0.180 e. The average molecular weight is 442 g/mol. The summed E-state index contributed by atoms with van der Waals surface area (Å²) in [5.74, 6) is 0.854. The van der Waals surface area contributed by atoms with Crippen molar-refractivity contribution in [2.45, 2.75) is 36.0 Å². The van der Waals surface area contributed by atoms with Gasteiger partial charge >= 0.3 is 0 Å². The van der Waals surface area contributed by atoms with E-state index in [1.807, 2.05) is 37.7 Å². The van der Waals surface area contributed by atoms with E-state index in [9.17, 15) is 13.5 Å². The van der Waals surface area contributed by atoms with Crippen LogP contribution >= 0.6 is 0 Å². The number of rotatable bonds is 2. The summed E-state index contributed by atoms with van der Waals surface area (Å²) in [7, 11) is -1.46. The maximum atomic E-state index is 12.8. The fourth-order valence-electron chi connectivity index (χ4n) is 4.74. The molecule has 9 heteroatoms. The molecule has 3 atom stereocenters. The second-order valence-corrected chi connectivity index (χ2v) is 10.5. The SMILES string of the molecule is CNC1CN(C2=CC(N3CCS(=O)(=O)c4ccccc4C3)=NC3CC=NC=C23)CC1O. The lowest BCUT2D eigenvalue weighted by molar-refractivity contribution is 0.160. The van der Waals surface area contributed by atoms with E-state index in [1.165, 1.54) is 0 Å². The largest absolute Gasteiger partial charge is 0.390 e. The Kier molecular flexibility index (Phi) is 5.19. The number of dihydropyridines is 1. The zero-order chi connectivity index (χ0) is 21.6. The van der Waals surface area contributed by atoms with Gasteiger partial charge in [-0.3, -0.25) is 9.98 Å². The fraction of sp³-hybridized carbons (Fsp3) is 0.455. The zero-order valence-corrected chi connectivity index (χ0v) is 18.3. The van der Waals surface area contributed by atoms with E-state index in [1.54, 1.807) is 12.1 Å². The molecule has 4 aliphatic rings. The molecule has 0 amide bonds. The Hall–Kier alpha value is -2.49. The van der Waals surface area contributed by atoms with E-state index in [0.29, 0.717) is 37.5 Å². The van der Waals surface area contributed by atoms with Gasteiger partial charge in [-0.15, -0.1) is 0 Å². The summed E-state index contributed by atoms with van der Waals surface area (Å²) < 4.78 is 25.6. The lowest BCUT2D eigenvalue weighted by Crippen LogP contribution is -2.38. The highest BCUT2D eigenvalue weighted by Gasteiger charge is 2.36. The van der Waals surface area contributed by atoms with Gasteiger partial charge in [-0.1, -0.05) is 18.2 Å². The summed E-state index contributed by atoms with van der Waals surface area (Å²) in [5.41, 5.74) is 2.87. The van der Waals surface area contributed by atoms with Gasteiger partial charge in [0.15, 0.2) is 9.84 Å². The van der Waals surface area contributed by atoms with Gasteiger partial charge < -0.3 is 20.2 Å².